The van der Waals surface area contributed by atoms with Crippen molar-refractivity contribution in [1.29, 1.82) is 0 Å². The van der Waals surface area contributed by atoms with Gasteiger partial charge in [-0.3, -0.25) is 19.1 Å². The highest BCUT2D eigenvalue weighted by molar-refractivity contribution is 7.93. The van der Waals surface area contributed by atoms with Crippen LogP contribution < -0.4 is 24.4 Å². The van der Waals surface area contributed by atoms with Crippen LogP contribution in [0.15, 0.2) is 29.3 Å². The molecule has 0 fully saturated rings. The van der Waals surface area contributed by atoms with Crippen LogP contribution in [-0.4, -0.2) is 67.5 Å². The number of carbonyl (C=O) groups excluding carboxylic acids is 1. The number of sulfonamides is 1. The first kappa shape index (κ1) is 25.0. The molecule has 1 aliphatic heterocycles. The molecule has 34 heavy (non-hydrogen) atoms. The van der Waals surface area contributed by atoms with Gasteiger partial charge >= 0.3 is 6.09 Å². The first-order valence-corrected chi connectivity index (χ1v) is 11.5. The van der Waals surface area contributed by atoms with Crippen LogP contribution in [0.25, 0.3) is 0 Å². The van der Waals surface area contributed by atoms with E-state index in [-0.39, 0.29) is 48.6 Å². The van der Waals surface area contributed by atoms with Gasteiger partial charge in [0.05, 0.1) is 25.4 Å². The number of nitrogens with one attached hydrogen (secondary N) is 2. The molecule has 12 nitrogen and oxygen atoms in total. The maximum atomic E-state index is 13.7. The fourth-order valence-corrected chi connectivity index (χ4v) is 4.83. The number of anilines is 2. The third kappa shape index (κ3) is 5.65. The number of rotatable bonds is 9. The molecular formula is C19H23F2N5O7S. The molecule has 0 bridgehead atoms. The van der Waals surface area contributed by atoms with E-state index in [4.69, 9.17) is 14.6 Å². The minimum atomic E-state index is -4.45. The Kier molecular flexibility index (Phi) is 7.44. The Hall–Kier alpha value is -3.62. The van der Waals surface area contributed by atoms with Gasteiger partial charge in [-0.1, -0.05) is 0 Å². The Balaban J connectivity index is 2.08. The van der Waals surface area contributed by atoms with Gasteiger partial charge in [0.25, 0.3) is 22.3 Å². The summed E-state index contributed by atoms with van der Waals surface area (Å²) in [5.41, 5.74) is 0.0863. The quantitative estimate of drug-likeness (QED) is 0.468. The molecular weight excluding hydrogens is 480 g/mol. The molecule has 2 aromatic rings. The van der Waals surface area contributed by atoms with Crippen molar-refractivity contribution in [2.45, 2.75) is 37.8 Å². The highest BCUT2D eigenvalue weighted by atomic mass is 32.2. The van der Waals surface area contributed by atoms with Crippen molar-refractivity contribution in [3.05, 3.63) is 24.4 Å². The predicted molar refractivity (Wildman–Crippen MR) is 115 cm³/mol. The second-order valence-corrected chi connectivity index (χ2v) is 9.00. The number of carbonyl (C=O) groups is 2. The van der Waals surface area contributed by atoms with E-state index in [0.29, 0.717) is 0 Å². The molecule has 3 rings (SSSR count). The van der Waals surface area contributed by atoms with E-state index < -0.39 is 40.1 Å². The van der Waals surface area contributed by atoms with Gasteiger partial charge in [0.15, 0.2) is 4.90 Å². The van der Waals surface area contributed by atoms with Crippen molar-refractivity contribution in [3.63, 3.8) is 0 Å². The summed E-state index contributed by atoms with van der Waals surface area (Å²) < 4.78 is 65.9. The molecule has 1 aromatic carbocycles. The van der Waals surface area contributed by atoms with Gasteiger partial charge in [-0.2, -0.15) is 0 Å². The minimum Gasteiger partial charge on any atom is -0.484 e. The number of hydrogen-bond donors (Lipinski definition) is 3. The second kappa shape index (κ2) is 10.1. The molecule has 15 heteroatoms. The van der Waals surface area contributed by atoms with Crippen LogP contribution in [0.1, 0.15) is 13.8 Å². The number of amides is 2. The van der Waals surface area contributed by atoms with Crippen LogP contribution in [0.3, 0.4) is 0 Å². The normalized spacial score (nSPS) is 15.4. The topological polar surface area (TPSA) is 152 Å². The molecule has 2 heterocycles. The van der Waals surface area contributed by atoms with Crippen LogP contribution in [0, 0.1) is 0 Å². The smallest absolute Gasteiger partial charge is 0.409 e. The van der Waals surface area contributed by atoms with Crippen molar-refractivity contribution in [2.75, 3.05) is 29.3 Å². The SMILES string of the molecule is CCOc1nn(CC(F)F)cc1S(=O)(=O)N1CC(CNC(C)=O)Oc2ccc(NC(=O)O)cc21. The lowest BCUT2D eigenvalue weighted by atomic mass is 10.2. The molecule has 0 saturated carbocycles. The van der Waals surface area contributed by atoms with E-state index in [1.54, 1.807) is 6.92 Å². The zero-order valence-corrected chi connectivity index (χ0v) is 19.0. The molecule has 0 spiro atoms. The Morgan fingerprint density at radius 1 is 1.38 bits per heavy atom. The first-order chi connectivity index (χ1) is 16.0. The summed E-state index contributed by atoms with van der Waals surface area (Å²) in [6.07, 6.45) is -3.98. The Bertz CT molecular complexity index is 1170. The van der Waals surface area contributed by atoms with E-state index in [9.17, 15) is 26.8 Å². The van der Waals surface area contributed by atoms with Crippen molar-refractivity contribution in [1.82, 2.24) is 15.1 Å². The van der Waals surface area contributed by atoms with Crippen molar-refractivity contribution < 1.29 is 41.4 Å². The lowest BCUT2D eigenvalue weighted by molar-refractivity contribution is -0.119. The van der Waals surface area contributed by atoms with Crippen LogP contribution in [0.4, 0.5) is 25.0 Å². The highest BCUT2D eigenvalue weighted by Gasteiger charge is 2.38. The summed E-state index contributed by atoms with van der Waals surface area (Å²) in [5, 5.41) is 17.5. The van der Waals surface area contributed by atoms with Gasteiger partial charge in [-0.05, 0) is 25.1 Å². The Morgan fingerprint density at radius 2 is 2.12 bits per heavy atom. The standard InChI is InChI=1S/C19H23F2N5O7S/c1-3-32-18-16(9-25(24-18)10-17(20)21)34(30,31)26-8-13(7-22-11(2)27)33-15-5-4-12(6-14(15)26)23-19(28)29/h4-6,9,13,17,23H,3,7-8,10H2,1-2H3,(H,22,27)(H,28,29). The maximum absolute atomic E-state index is 13.7. The number of ether oxygens (including phenoxy) is 2. The number of carboxylic acid groups (broad SMARTS) is 1. The number of nitrogens with zero attached hydrogens (tertiary/aromatic N) is 3. The molecule has 0 aliphatic carbocycles. The zero-order chi connectivity index (χ0) is 25.0. The maximum Gasteiger partial charge on any atom is 0.409 e. The lowest BCUT2D eigenvalue weighted by Gasteiger charge is -2.35. The summed E-state index contributed by atoms with van der Waals surface area (Å²) in [6.45, 7) is 1.79. The summed E-state index contributed by atoms with van der Waals surface area (Å²) in [5.74, 6) is -0.592. The van der Waals surface area contributed by atoms with Gasteiger partial charge in [-0.25, -0.2) is 22.0 Å². The number of halogens is 2. The van der Waals surface area contributed by atoms with E-state index >= 15 is 0 Å². The lowest BCUT2D eigenvalue weighted by Crippen LogP contribution is -2.48. The molecule has 3 N–H and O–H groups in total. The fraction of sp³-hybridized carbons (Fsp3) is 0.421. The zero-order valence-electron chi connectivity index (χ0n) is 18.2. The van der Waals surface area contributed by atoms with Crippen LogP contribution in [0.2, 0.25) is 0 Å². The number of hydrogen-bond acceptors (Lipinski definition) is 7. The first-order valence-electron chi connectivity index (χ1n) is 10.1. The van der Waals surface area contributed by atoms with Crippen LogP contribution >= 0.6 is 0 Å². The number of benzene rings is 1. The van der Waals surface area contributed by atoms with Crippen molar-refractivity contribution >= 4 is 33.4 Å². The molecule has 1 atom stereocenters. The average molecular weight is 503 g/mol. The monoisotopic (exact) mass is 503 g/mol. The van der Waals surface area contributed by atoms with Gasteiger partial charge in [0, 0.05) is 18.8 Å². The molecule has 1 unspecified atom stereocenters. The van der Waals surface area contributed by atoms with Gasteiger partial charge in [0.1, 0.15) is 18.4 Å². The Labute approximate surface area is 193 Å². The summed E-state index contributed by atoms with van der Waals surface area (Å²) in [6, 6.07) is 4.02. The Morgan fingerprint density at radius 3 is 2.74 bits per heavy atom. The van der Waals surface area contributed by atoms with Gasteiger partial charge < -0.3 is 19.9 Å². The van der Waals surface area contributed by atoms with E-state index in [1.807, 2.05) is 0 Å². The second-order valence-electron chi connectivity index (χ2n) is 7.17. The van der Waals surface area contributed by atoms with Crippen molar-refractivity contribution in [2.24, 2.45) is 0 Å². The van der Waals surface area contributed by atoms with E-state index in [1.165, 1.54) is 25.1 Å². The summed E-state index contributed by atoms with van der Waals surface area (Å²) >= 11 is 0. The molecule has 0 radical (unpaired) electrons. The van der Waals surface area contributed by atoms with E-state index in [2.05, 4.69) is 15.7 Å². The molecule has 2 amide bonds. The van der Waals surface area contributed by atoms with Gasteiger partial charge in [0.2, 0.25) is 5.91 Å². The summed E-state index contributed by atoms with van der Waals surface area (Å²) in [4.78, 5) is 21.9. The predicted octanol–water partition coefficient (Wildman–Crippen LogP) is 1.73. The third-order valence-corrected chi connectivity index (χ3v) is 6.35. The third-order valence-electron chi connectivity index (χ3n) is 4.59. The molecule has 1 aliphatic rings. The number of alkyl halides is 2. The van der Waals surface area contributed by atoms with Gasteiger partial charge in [-0.15, -0.1) is 5.10 Å². The number of fused-ring (bicyclic) bond motifs is 1. The van der Waals surface area contributed by atoms with Crippen LogP contribution in [-0.2, 0) is 21.4 Å². The average Bonchev–Trinajstić information content (AvgIpc) is 3.14. The molecule has 1 aromatic heterocycles. The largest absolute Gasteiger partial charge is 0.484 e. The van der Waals surface area contributed by atoms with E-state index in [0.717, 1.165) is 15.2 Å². The van der Waals surface area contributed by atoms with Crippen LogP contribution in [0.5, 0.6) is 11.6 Å². The number of aromatic nitrogens is 2. The van der Waals surface area contributed by atoms with Crippen molar-refractivity contribution in [3.8, 4) is 11.6 Å². The summed E-state index contributed by atoms with van der Waals surface area (Å²) in [7, 11) is -4.45. The fourth-order valence-electron chi connectivity index (χ4n) is 3.26. The molecule has 186 valence electrons. The minimum absolute atomic E-state index is 0.00869. The molecule has 0 saturated heterocycles. The highest BCUT2D eigenvalue weighted by Crippen LogP contribution is 2.40.